The molecule has 2 aromatic rings. The molecule has 2 N–H and O–H groups in total. The molecule has 12 heteroatoms. The molecule has 2 spiro atoms. The zero-order chi connectivity index (χ0) is 34.6. The molecule has 2 bridgehead atoms. The van der Waals surface area contributed by atoms with Crippen LogP contribution in [0.15, 0.2) is 52.9 Å². The summed E-state index contributed by atoms with van der Waals surface area (Å²) in [5, 5.41) is 5.82. The molecule has 3 heterocycles. The number of carbonyl (C=O) groups is 2. The number of amides is 3. The third-order valence-corrected chi connectivity index (χ3v) is 13.7. The highest BCUT2D eigenvalue weighted by Gasteiger charge is 2.80. The maximum Gasteiger partial charge on any atom is 0.313 e. The predicted molar refractivity (Wildman–Crippen MR) is 192 cm³/mol. The van der Waals surface area contributed by atoms with Gasteiger partial charge in [-0.2, -0.15) is 10.6 Å². The second-order valence-electron chi connectivity index (χ2n) is 15.3. The van der Waals surface area contributed by atoms with Crippen molar-refractivity contribution in [2.24, 2.45) is 32.9 Å². The van der Waals surface area contributed by atoms with Gasteiger partial charge in [0.2, 0.25) is 0 Å². The third-order valence-electron chi connectivity index (χ3n) is 12.1. The summed E-state index contributed by atoms with van der Waals surface area (Å²) in [6.07, 6.45) is 10.4. The summed E-state index contributed by atoms with van der Waals surface area (Å²) in [4.78, 5) is 29.4. The van der Waals surface area contributed by atoms with Gasteiger partial charge in [-0.1, -0.05) is 36.7 Å². The molecule has 268 valence electrons. The van der Waals surface area contributed by atoms with E-state index in [0.29, 0.717) is 55.9 Å². The molecule has 3 aliphatic carbocycles. The first-order valence-electron chi connectivity index (χ1n) is 18.0. The molecule has 3 amide bonds. The molecular formula is C38H46ClN4O6S-. The number of rotatable bonds is 3. The minimum atomic E-state index is -2.05. The summed E-state index contributed by atoms with van der Waals surface area (Å²) in [5.41, 5.74) is 3.69. The first-order chi connectivity index (χ1) is 24.2. The Bertz CT molecular complexity index is 1790. The lowest BCUT2D eigenvalue weighted by molar-refractivity contribution is 0.0965. The SMILES string of the molecule is CO[C@H]1/C=C/C[C@H](C)C(NC(=O)N[C@H]2CC23CCOC3)[S-](=O)=NC(=O)c2ccc3c(c2)N(Cc2ccc(Cl)cc2CCCCO3)C[C@@]23CC2[C@@H]13. The molecule has 3 aliphatic heterocycles. The number of halogens is 1. The van der Waals surface area contributed by atoms with Crippen molar-refractivity contribution < 1.29 is 28.0 Å². The van der Waals surface area contributed by atoms with Crippen LogP contribution in [0, 0.1) is 28.6 Å². The van der Waals surface area contributed by atoms with Gasteiger partial charge in [-0.15, -0.1) is 0 Å². The Hall–Kier alpha value is -3.12. The number of nitrogens with one attached hydrogen (secondary N) is 2. The van der Waals surface area contributed by atoms with Crippen LogP contribution in [-0.4, -0.2) is 62.9 Å². The summed E-state index contributed by atoms with van der Waals surface area (Å²) in [6.45, 7) is 5.25. The zero-order valence-electron chi connectivity index (χ0n) is 28.7. The van der Waals surface area contributed by atoms with E-state index < -0.39 is 27.9 Å². The largest absolute Gasteiger partial charge is 0.491 e. The number of benzene rings is 2. The standard InChI is InChI=1S/C38H46ClN4O6S/c1-23-6-5-8-31(47-2)33-28-18-38(28,33)21-43-20-26-9-11-27(39)16-24(26)7-3-4-14-49-30-12-10-25(17-29(30)43)34(44)42-50(46)35(23)41-36(45)40-32-19-37(32)13-15-48-22-37/h5,8-12,16-17,23,28,31-33,35H,3-4,6-7,13-15,18-22H2,1-2H3,(H2,40,41,45)/q-1/b8-5+/t23-,28?,31-,32-,33-,35?,37?,38-/m0/s1. The monoisotopic (exact) mass is 721 g/mol. The Morgan fingerprint density at radius 3 is 2.80 bits per heavy atom. The molecule has 0 radical (unpaired) electrons. The summed E-state index contributed by atoms with van der Waals surface area (Å²) in [7, 11) is -0.283. The highest BCUT2D eigenvalue weighted by molar-refractivity contribution is 7.75. The molecule has 2 aromatic carbocycles. The molecule has 3 unspecified atom stereocenters. The van der Waals surface area contributed by atoms with E-state index in [1.54, 1.807) is 13.2 Å². The lowest BCUT2D eigenvalue weighted by atomic mass is 9.96. The van der Waals surface area contributed by atoms with Crippen molar-refractivity contribution in [1.29, 1.82) is 0 Å². The van der Waals surface area contributed by atoms with Gasteiger partial charge in [-0.3, -0.25) is 4.79 Å². The van der Waals surface area contributed by atoms with Gasteiger partial charge in [-0.25, -0.2) is 4.79 Å². The minimum Gasteiger partial charge on any atom is -0.491 e. The van der Waals surface area contributed by atoms with E-state index in [0.717, 1.165) is 55.8 Å². The van der Waals surface area contributed by atoms with E-state index in [-0.39, 0.29) is 28.9 Å². The van der Waals surface area contributed by atoms with Crippen LogP contribution in [0.25, 0.3) is 0 Å². The number of ether oxygens (including phenoxy) is 3. The van der Waals surface area contributed by atoms with Gasteiger partial charge in [0, 0.05) is 48.8 Å². The Kier molecular flexibility index (Phi) is 9.15. The zero-order valence-corrected chi connectivity index (χ0v) is 30.3. The van der Waals surface area contributed by atoms with E-state index in [4.69, 9.17) is 25.8 Å². The van der Waals surface area contributed by atoms with Crippen molar-refractivity contribution in [3.05, 3.63) is 70.3 Å². The first-order valence-corrected chi connectivity index (χ1v) is 19.5. The number of urea groups is 1. The third kappa shape index (κ3) is 6.55. The fraction of sp³-hybridized carbons (Fsp3) is 0.579. The van der Waals surface area contributed by atoms with E-state index in [1.807, 2.05) is 25.1 Å². The van der Waals surface area contributed by atoms with Crippen LogP contribution >= 0.6 is 11.6 Å². The second-order valence-corrected chi connectivity index (χ2v) is 17.0. The van der Waals surface area contributed by atoms with E-state index in [9.17, 15) is 13.8 Å². The molecule has 6 aliphatic rings. The minimum absolute atomic E-state index is 0.00997. The van der Waals surface area contributed by atoms with E-state index >= 15 is 0 Å². The number of nitrogens with zero attached hydrogens (tertiary/aromatic N) is 2. The van der Waals surface area contributed by atoms with Gasteiger partial charge in [0.15, 0.2) is 0 Å². The lowest BCUT2D eigenvalue weighted by Crippen LogP contribution is -2.47. The van der Waals surface area contributed by atoms with Crippen LogP contribution in [0.4, 0.5) is 10.5 Å². The van der Waals surface area contributed by atoms with Crippen LogP contribution in [0.1, 0.15) is 66.9 Å². The number of anilines is 1. The van der Waals surface area contributed by atoms with Gasteiger partial charge in [0.05, 0.1) is 25.0 Å². The molecule has 8 atom stereocenters. The molecule has 1 saturated heterocycles. The number of carbonyl (C=O) groups excluding carboxylic acids is 2. The predicted octanol–water partition coefficient (Wildman–Crippen LogP) is 6.40. The maximum absolute atomic E-state index is 13.9. The lowest BCUT2D eigenvalue weighted by Gasteiger charge is -2.31. The number of fused-ring (bicyclic) bond motifs is 3. The average Bonchev–Trinajstić information content (AvgIpc) is 4.02. The fourth-order valence-electron chi connectivity index (χ4n) is 8.71. The van der Waals surface area contributed by atoms with Crippen LogP contribution in [0.3, 0.4) is 0 Å². The molecular weight excluding hydrogens is 676 g/mol. The summed E-state index contributed by atoms with van der Waals surface area (Å²) in [5.74, 6) is 0.781. The number of hydrogen-bond donors (Lipinski definition) is 2. The van der Waals surface area contributed by atoms with Crippen molar-refractivity contribution in [3.8, 4) is 5.75 Å². The Balaban J connectivity index is 1.14. The number of methoxy groups -OCH3 is 1. The number of hydrogen-bond acceptors (Lipinski definition) is 8. The smallest absolute Gasteiger partial charge is 0.313 e. The Morgan fingerprint density at radius 1 is 1.12 bits per heavy atom. The quantitative estimate of drug-likeness (QED) is 0.278. The van der Waals surface area contributed by atoms with E-state index in [1.165, 1.54) is 11.1 Å². The van der Waals surface area contributed by atoms with Crippen molar-refractivity contribution in [1.82, 2.24) is 10.6 Å². The van der Waals surface area contributed by atoms with Gasteiger partial charge in [0.25, 0.3) is 5.91 Å². The first kappa shape index (κ1) is 34.0. The van der Waals surface area contributed by atoms with Gasteiger partial charge in [-0.05, 0) is 115 Å². The summed E-state index contributed by atoms with van der Waals surface area (Å²) >= 11 is 6.46. The Labute approximate surface area is 300 Å². The maximum atomic E-state index is 13.9. The fourth-order valence-corrected chi connectivity index (χ4v) is 10.0. The number of allylic oxidation sites excluding steroid dienone is 1. The molecule has 8 rings (SSSR count). The van der Waals surface area contributed by atoms with Crippen LogP contribution in [0.5, 0.6) is 5.75 Å². The Morgan fingerprint density at radius 2 is 2.00 bits per heavy atom. The molecule has 10 nitrogen and oxygen atoms in total. The van der Waals surface area contributed by atoms with Crippen molar-refractivity contribution in [2.45, 2.75) is 75.9 Å². The van der Waals surface area contributed by atoms with Crippen molar-refractivity contribution in [2.75, 3.05) is 38.4 Å². The van der Waals surface area contributed by atoms with Crippen LogP contribution in [0.2, 0.25) is 5.02 Å². The summed E-state index contributed by atoms with van der Waals surface area (Å²) in [6, 6.07) is 11.1. The van der Waals surface area contributed by atoms with Crippen molar-refractivity contribution in [3.63, 3.8) is 0 Å². The molecule has 0 aromatic heterocycles. The number of aryl methyl sites for hydroxylation is 1. The molecule has 50 heavy (non-hydrogen) atoms. The topological polar surface area (TPSA) is 119 Å². The highest BCUT2D eigenvalue weighted by Crippen LogP contribution is 2.81. The van der Waals surface area contributed by atoms with Crippen molar-refractivity contribution >= 4 is 39.8 Å². The molecule has 3 saturated carbocycles. The van der Waals surface area contributed by atoms with Gasteiger partial charge < -0.3 is 38.3 Å². The normalized spacial score (nSPS) is 35.7. The molecule has 4 fully saturated rings. The average molecular weight is 722 g/mol. The van der Waals surface area contributed by atoms with Crippen LogP contribution in [-0.2, 0) is 37.2 Å². The van der Waals surface area contributed by atoms with Gasteiger partial charge in [0.1, 0.15) is 5.75 Å². The van der Waals surface area contributed by atoms with Gasteiger partial charge >= 0.3 is 6.03 Å². The van der Waals surface area contributed by atoms with Crippen LogP contribution < -0.4 is 20.3 Å². The highest BCUT2D eigenvalue weighted by atomic mass is 35.5. The second kappa shape index (κ2) is 13.5. The summed E-state index contributed by atoms with van der Waals surface area (Å²) < 4.78 is 36.1. The van der Waals surface area contributed by atoms with E-state index in [2.05, 4.69) is 44.2 Å².